The van der Waals surface area contributed by atoms with E-state index in [1.54, 1.807) is 21.0 Å². The lowest BCUT2D eigenvalue weighted by molar-refractivity contribution is -0.128. The number of carbonyl (C=O) groups excluding carboxylic acids is 1. The minimum absolute atomic E-state index is 0.0308. The van der Waals surface area contributed by atoms with E-state index >= 15 is 0 Å². The first-order chi connectivity index (χ1) is 9.71. The van der Waals surface area contributed by atoms with Gasteiger partial charge in [-0.3, -0.25) is 9.78 Å². The summed E-state index contributed by atoms with van der Waals surface area (Å²) in [6.07, 6.45) is 1.41. The standard InChI is InChI=1S/C12H18N4O3S2/c1-4-16(8-10(17)15(2)3)21(18,19)9-6-5-7-14-11(9)12(13)20/h5-7H,4,8H2,1-3H3,(H2,13,20). The van der Waals surface area contributed by atoms with Gasteiger partial charge in [-0.25, -0.2) is 8.42 Å². The molecule has 7 nitrogen and oxygen atoms in total. The van der Waals surface area contributed by atoms with Crippen molar-refractivity contribution < 1.29 is 13.2 Å². The van der Waals surface area contributed by atoms with E-state index in [4.69, 9.17) is 18.0 Å². The van der Waals surface area contributed by atoms with E-state index in [0.717, 1.165) is 4.31 Å². The lowest BCUT2D eigenvalue weighted by Gasteiger charge is -2.22. The number of nitrogens with zero attached hydrogens (tertiary/aromatic N) is 3. The maximum absolute atomic E-state index is 12.6. The molecule has 2 N–H and O–H groups in total. The van der Waals surface area contributed by atoms with Crippen molar-refractivity contribution in [2.24, 2.45) is 5.73 Å². The number of pyridine rings is 1. The SMILES string of the molecule is CCN(CC(=O)N(C)C)S(=O)(=O)c1cccnc1C(N)=S. The average molecular weight is 330 g/mol. The van der Waals surface area contributed by atoms with Crippen LogP contribution in [0.1, 0.15) is 12.6 Å². The molecule has 0 saturated heterocycles. The first-order valence-corrected chi connectivity index (χ1v) is 8.01. The Morgan fingerprint density at radius 2 is 2.05 bits per heavy atom. The highest BCUT2D eigenvalue weighted by Crippen LogP contribution is 2.18. The quantitative estimate of drug-likeness (QED) is 0.727. The molecular formula is C12H18N4O3S2. The molecule has 0 bridgehead atoms. The summed E-state index contributed by atoms with van der Waals surface area (Å²) in [5.74, 6) is -0.318. The van der Waals surface area contributed by atoms with Gasteiger partial charge in [-0.2, -0.15) is 4.31 Å². The van der Waals surface area contributed by atoms with E-state index in [9.17, 15) is 13.2 Å². The summed E-state index contributed by atoms with van der Waals surface area (Å²) >= 11 is 4.83. The molecule has 1 aromatic rings. The van der Waals surface area contributed by atoms with Crippen LogP contribution in [0.5, 0.6) is 0 Å². The largest absolute Gasteiger partial charge is 0.388 e. The van der Waals surface area contributed by atoms with Crippen molar-refractivity contribution in [1.82, 2.24) is 14.2 Å². The van der Waals surface area contributed by atoms with Crippen molar-refractivity contribution in [3.05, 3.63) is 24.0 Å². The molecule has 21 heavy (non-hydrogen) atoms. The van der Waals surface area contributed by atoms with Gasteiger partial charge in [0.25, 0.3) is 0 Å². The second-order valence-electron chi connectivity index (χ2n) is 4.43. The molecule has 0 aliphatic heterocycles. The van der Waals surface area contributed by atoms with E-state index < -0.39 is 10.0 Å². The predicted molar refractivity (Wildman–Crippen MR) is 83.3 cm³/mol. The highest BCUT2D eigenvalue weighted by atomic mass is 32.2. The minimum atomic E-state index is -3.90. The molecule has 9 heteroatoms. The summed E-state index contributed by atoms with van der Waals surface area (Å²) < 4.78 is 26.4. The van der Waals surface area contributed by atoms with Gasteiger partial charge in [0.1, 0.15) is 15.6 Å². The van der Waals surface area contributed by atoms with Gasteiger partial charge in [-0.1, -0.05) is 19.1 Å². The maximum Gasteiger partial charge on any atom is 0.245 e. The van der Waals surface area contributed by atoms with Crippen LogP contribution in [0.25, 0.3) is 0 Å². The van der Waals surface area contributed by atoms with Gasteiger partial charge >= 0.3 is 0 Å². The number of carbonyl (C=O) groups is 1. The molecule has 0 spiro atoms. The Morgan fingerprint density at radius 1 is 1.43 bits per heavy atom. The zero-order valence-corrected chi connectivity index (χ0v) is 13.7. The molecule has 1 aromatic heterocycles. The van der Waals surface area contributed by atoms with Crippen molar-refractivity contribution in [2.45, 2.75) is 11.8 Å². The topological polar surface area (TPSA) is 96.6 Å². The molecule has 1 heterocycles. The lowest BCUT2D eigenvalue weighted by Crippen LogP contribution is -2.40. The molecule has 0 radical (unpaired) electrons. The number of amides is 1. The molecule has 0 fully saturated rings. The summed E-state index contributed by atoms with van der Waals surface area (Å²) in [4.78, 5) is 16.8. The van der Waals surface area contributed by atoms with Gasteiger partial charge in [0.15, 0.2) is 0 Å². The van der Waals surface area contributed by atoms with Gasteiger partial charge in [-0.15, -0.1) is 0 Å². The molecule has 0 aromatic carbocycles. The molecular weight excluding hydrogens is 312 g/mol. The highest BCUT2D eigenvalue weighted by molar-refractivity contribution is 7.89. The number of hydrogen-bond donors (Lipinski definition) is 1. The first kappa shape index (κ1) is 17.5. The Labute approximate surface area is 129 Å². The zero-order valence-electron chi connectivity index (χ0n) is 12.1. The Balaban J connectivity index is 3.26. The van der Waals surface area contributed by atoms with Gasteiger partial charge in [0, 0.05) is 26.8 Å². The van der Waals surface area contributed by atoms with Crippen LogP contribution in [-0.4, -0.2) is 60.7 Å². The van der Waals surface area contributed by atoms with Crippen LogP contribution in [0.3, 0.4) is 0 Å². The highest BCUT2D eigenvalue weighted by Gasteiger charge is 2.29. The molecule has 1 amide bonds. The lowest BCUT2D eigenvalue weighted by atomic mass is 10.3. The fraction of sp³-hybridized carbons (Fsp3) is 0.417. The van der Waals surface area contributed by atoms with Crippen LogP contribution in [0.2, 0.25) is 0 Å². The molecule has 0 atom stereocenters. The third-order valence-electron chi connectivity index (χ3n) is 2.79. The van der Waals surface area contributed by atoms with Crippen LogP contribution >= 0.6 is 12.2 Å². The van der Waals surface area contributed by atoms with E-state index in [2.05, 4.69) is 4.98 Å². The summed E-state index contributed by atoms with van der Waals surface area (Å²) in [6.45, 7) is 1.54. The number of aromatic nitrogens is 1. The summed E-state index contributed by atoms with van der Waals surface area (Å²) in [5.41, 5.74) is 5.54. The van der Waals surface area contributed by atoms with Crippen molar-refractivity contribution in [3.8, 4) is 0 Å². The first-order valence-electron chi connectivity index (χ1n) is 6.17. The van der Waals surface area contributed by atoms with Crippen molar-refractivity contribution >= 4 is 33.1 Å². The number of nitrogens with two attached hydrogens (primary N) is 1. The van der Waals surface area contributed by atoms with Gasteiger partial charge < -0.3 is 10.6 Å². The van der Waals surface area contributed by atoms with E-state index in [-0.39, 0.29) is 34.6 Å². The number of rotatable bonds is 6. The Kier molecular flexibility index (Phi) is 5.76. The van der Waals surface area contributed by atoms with Crippen LogP contribution in [0.15, 0.2) is 23.2 Å². The number of likely N-dealkylation sites (N-methyl/N-ethyl adjacent to an activating group) is 2. The monoisotopic (exact) mass is 330 g/mol. The molecule has 116 valence electrons. The normalized spacial score (nSPS) is 11.4. The van der Waals surface area contributed by atoms with Gasteiger partial charge in [-0.05, 0) is 12.1 Å². The Morgan fingerprint density at radius 3 is 2.52 bits per heavy atom. The fourth-order valence-corrected chi connectivity index (χ4v) is 3.37. The minimum Gasteiger partial charge on any atom is -0.388 e. The van der Waals surface area contributed by atoms with Gasteiger partial charge in [0.2, 0.25) is 15.9 Å². The van der Waals surface area contributed by atoms with Gasteiger partial charge in [0.05, 0.1) is 6.54 Å². The summed E-state index contributed by atoms with van der Waals surface area (Å²) in [5, 5.41) is 0. The smallest absolute Gasteiger partial charge is 0.245 e. The molecule has 0 aliphatic rings. The van der Waals surface area contributed by atoms with Crippen LogP contribution in [0.4, 0.5) is 0 Å². The fourth-order valence-electron chi connectivity index (χ4n) is 1.58. The maximum atomic E-state index is 12.6. The van der Waals surface area contributed by atoms with E-state index in [1.165, 1.54) is 23.2 Å². The van der Waals surface area contributed by atoms with Crippen LogP contribution in [-0.2, 0) is 14.8 Å². The Bertz CT molecular complexity index is 644. The van der Waals surface area contributed by atoms with Crippen molar-refractivity contribution in [3.63, 3.8) is 0 Å². The molecule has 1 rings (SSSR count). The molecule has 0 saturated carbocycles. The third-order valence-corrected chi connectivity index (χ3v) is 4.93. The summed E-state index contributed by atoms with van der Waals surface area (Å²) in [6, 6.07) is 2.86. The van der Waals surface area contributed by atoms with Crippen LogP contribution < -0.4 is 5.73 Å². The van der Waals surface area contributed by atoms with Crippen LogP contribution in [0, 0.1) is 0 Å². The molecule has 0 unspecified atom stereocenters. The second-order valence-corrected chi connectivity index (χ2v) is 6.78. The second kappa shape index (κ2) is 6.92. The summed E-state index contributed by atoms with van der Waals surface area (Å²) in [7, 11) is -0.774. The van der Waals surface area contributed by atoms with E-state index in [1.807, 2.05) is 0 Å². The van der Waals surface area contributed by atoms with E-state index in [0.29, 0.717) is 0 Å². The number of thiocarbonyl (C=S) groups is 1. The third kappa shape index (κ3) is 3.96. The zero-order chi connectivity index (χ0) is 16.2. The number of hydrogen-bond acceptors (Lipinski definition) is 5. The number of sulfonamides is 1. The predicted octanol–water partition coefficient (Wildman–Crippen LogP) is -0.185. The average Bonchev–Trinajstić information content (AvgIpc) is 2.43. The van der Waals surface area contributed by atoms with Crippen molar-refractivity contribution in [2.75, 3.05) is 27.2 Å². The van der Waals surface area contributed by atoms with Crippen molar-refractivity contribution in [1.29, 1.82) is 0 Å². The Hall–Kier alpha value is -1.58. The molecule has 0 aliphatic carbocycles.